The van der Waals surface area contributed by atoms with Gasteiger partial charge in [0.25, 0.3) is 11.8 Å². The number of amides is 2. The molecular formula is C18H28ClFN4O2+2. The van der Waals surface area contributed by atoms with Crippen molar-refractivity contribution in [2.45, 2.75) is 26.3 Å². The first-order valence-electron chi connectivity index (χ1n) is 9.11. The molecular weight excluding hydrogens is 359 g/mol. The Morgan fingerprint density at radius 2 is 1.96 bits per heavy atom. The summed E-state index contributed by atoms with van der Waals surface area (Å²) in [5, 5.41) is 5.86. The Balaban J connectivity index is 1.80. The fraction of sp³-hybridized carbons (Fsp3) is 0.556. The van der Waals surface area contributed by atoms with Gasteiger partial charge in [0.15, 0.2) is 12.6 Å². The molecule has 1 fully saturated rings. The van der Waals surface area contributed by atoms with Crippen LogP contribution in [-0.4, -0.2) is 57.1 Å². The average Bonchev–Trinajstić information content (AvgIpc) is 2.62. The molecule has 0 unspecified atom stereocenters. The Kier molecular flexibility index (Phi) is 7.81. The molecule has 0 saturated carbocycles. The van der Waals surface area contributed by atoms with Crippen molar-refractivity contribution in [1.82, 2.24) is 5.32 Å². The molecule has 0 radical (unpaired) electrons. The molecule has 2 rings (SSSR count). The van der Waals surface area contributed by atoms with E-state index in [1.165, 1.54) is 28.0 Å². The molecule has 0 spiro atoms. The lowest BCUT2D eigenvalue weighted by Gasteiger charge is -2.32. The molecule has 1 heterocycles. The Morgan fingerprint density at radius 1 is 1.27 bits per heavy atom. The highest BCUT2D eigenvalue weighted by atomic mass is 35.5. The van der Waals surface area contributed by atoms with Gasteiger partial charge < -0.3 is 20.4 Å². The summed E-state index contributed by atoms with van der Waals surface area (Å²) < 4.78 is 13.1. The molecule has 1 saturated heterocycles. The summed E-state index contributed by atoms with van der Waals surface area (Å²) in [5.41, 5.74) is 0.418. The van der Waals surface area contributed by atoms with E-state index in [4.69, 9.17) is 11.6 Å². The average molecular weight is 387 g/mol. The van der Waals surface area contributed by atoms with Gasteiger partial charge in [-0.25, -0.2) is 4.39 Å². The Hall–Kier alpha value is -1.70. The largest absolute Gasteiger partial charge is 0.351 e. The zero-order valence-electron chi connectivity index (χ0n) is 15.3. The molecule has 8 heteroatoms. The van der Waals surface area contributed by atoms with Crippen molar-refractivity contribution in [1.29, 1.82) is 0 Å². The van der Waals surface area contributed by atoms with E-state index in [0.29, 0.717) is 18.8 Å². The summed E-state index contributed by atoms with van der Waals surface area (Å²) in [5.74, 6) is -0.492. The van der Waals surface area contributed by atoms with E-state index in [1.807, 2.05) is 13.8 Å². The summed E-state index contributed by atoms with van der Waals surface area (Å²) >= 11 is 5.97. The first kappa shape index (κ1) is 20.6. The van der Waals surface area contributed by atoms with Crippen molar-refractivity contribution in [3.05, 3.63) is 29.0 Å². The van der Waals surface area contributed by atoms with Crippen molar-refractivity contribution in [2.24, 2.45) is 0 Å². The van der Waals surface area contributed by atoms with Gasteiger partial charge in [-0.15, -0.1) is 0 Å². The van der Waals surface area contributed by atoms with Crippen LogP contribution in [0.3, 0.4) is 0 Å². The third kappa shape index (κ3) is 5.93. The molecule has 6 nitrogen and oxygen atoms in total. The maximum atomic E-state index is 13.1. The second-order valence-corrected chi connectivity index (χ2v) is 7.18. The zero-order chi connectivity index (χ0) is 19.1. The van der Waals surface area contributed by atoms with Gasteiger partial charge in [0.2, 0.25) is 0 Å². The molecule has 144 valence electrons. The van der Waals surface area contributed by atoms with Crippen LogP contribution in [0.25, 0.3) is 0 Å². The van der Waals surface area contributed by atoms with E-state index in [-0.39, 0.29) is 22.9 Å². The van der Waals surface area contributed by atoms with Crippen LogP contribution in [0.5, 0.6) is 0 Å². The lowest BCUT2D eigenvalue weighted by molar-refractivity contribution is -1.01. The van der Waals surface area contributed by atoms with Crippen LogP contribution in [-0.2, 0) is 9.59 Å². The van der Waals surface area contributed by atoms with Crippen LogP contribution in [0, 0.1) is 5.82 Å². The van der Waals surface area contributed by atoms with Crippen LogP contribution < -0.4 is 20.4 Å². The molecule has 1 aromatic carbocycles. The summed E-state index contributed by atoms with van der Waals surface area (Å²) in [4.78, 5) is 26.7. The van der Waals surface area contributed by atoms with Gasteiger partial charge >= 0.3 is 0 Å². The number of quaternary nitrogens is 2. The molecule has 1 aliphatic rings. The molecule has 1 aliphatic heterocycles. The number of hydrogen-bond acceptors (Lipinski definition) is 2. The molecule has 2 amide bonds. The molecule has 26 heavy (non-hydrogen) atoms. The number of halogens is 2. The van der Waals surface area contributed by atoms with Crippen molar-refractivity contribution in [3.63, 3.8) is 0 Å². The first-order chi connectivity index (χ1) is 12.4. The first-order valence-corrected chi connectivity index (χ1v) is 9.49. The van der Waals surface area contributed by atoms with Crippen molar-refractivity contribution < 1.29 is 23.8 Å². The summed E-state index contributed by atoms with van der Waals surface area (Å²) in [6.45, 7) is 8.45. The second kappa shape index (κ2) is 9.85. The quantitative estimate of drug-likeness (QED) is 0.491. The number of hydrogen-bond donors (Lipinski definition) is 4. The van der Waals surface area contributed by atoms with E-state index >= 15 is 0 Å². The number of anilines is 1. The lowest BCUT2D eigenvalue weighted by atomic mass is 10.2. The second-order valence-electron chi connectivity index (χ2n) is 6.77. The number of rotatable bonds is 7. The molecule has 1 aromatic rings. The van der Waals surface area contributed by atoms with E-state index in [9.17, 15) is 14.0 Å². The normalized spacial score (nSPS) is 21.1. The van der Waals surface area contributed by atoms with Crippen LogP contribution in [0.2, 0.25) is 5.02 Å². The number of carbonyl (C=O) groups excluding carboxylic acids is 2. The highest BCUT2D eigenvalue weighted by Gasteiger charge is 2.31. The predicted octanol–water partition coefficient (Wildman–Crippen LogP) is -0.884. The number of benzene rings is 1. The monoisotopic (exact) mass is 386 g/mol. The molecule has 0 bridgehead atoms. The third-order valence-electron chi connectivity index (χ3n) is 4.78. The van der Waals surface area contributed by atoms with Gasteiger partial charge in [-0.05, 0) is 31.5 Å². The van der Waals surface area contributed by atoms with E-state index in [1.54, 1.807) is 0 Å². The number of nitrogens with one attached hydrogen (secondary N) is 4. The topological polar surface area (TPSA) is 67.1 Å². The van der Waals surface area contributed by atoms with Crippen molar-refractivity contribution in [3.8, 4) is 0 Å². The van der Waals surface area contributed by atoms with E-state index in [0.717, 1.165) is 32.6 Å². The highest BCUT2D eigenvalue weighted by molar-refractivity contribution is 6.33. The van der Waals surface area contributed by atoms with E-state index < -0.39 is 5.82 Å². The van der Waals surface area contributed by atoms with Crippen molar-refractivity contribution >= 4 is 29.1 Å². The van der Waals surface area contributed by atoms with Gasteiger partial charge in [-0.1, -0.05) is 18.5 Å². The maximum Gasteiger partial charge on any atom is 0.282 e. The minimum atomic E-state index is -0.436. The zero-order valence-corrected chi connectivity index (χ0v) is 16.1. The molecule has 1 atom stereocenters. The highest BCUT2D eigenvalue weighted by Crippen LogP contribution is 2.22. The van der Waals surface area contributed by atoms with Gasteiger partial charge in [0.1, 0.15) is 32.0 Å². The molecule has 0 aliphatic carbocycles. The van der Waals surface area contributed by atoms with Gasteiger partial charge in [0, 0.05) is 6.54 Å². The number of carbonyl (C=O) groups is 2. The fourth-order valence-electron chi connectivity index (χ4n) is 3.11. The van der Waals surface area contributed by atoms with Gasteiger partial charge in [0.05, 0.1) is 10.7 Å². The maximum absolute atomic E-state index is 13.1. The minimum Gasteiger partial charge on any atom is -0.351 e. The van der Waals surface area contributed by atoms with E-state index in [2.05, 4.69) is 10.6 Å². The Bertz CT molecular complexity index is 636. The minimum absolute atomic E-state index is 0.0852. The van der Waals surface area contributed by atoms with Crippen LogP contribution in [0.4, 0.5) is 10.1 Å². The van der Waals surface area contributed by atoms with Crippen LogP contribution in [0.1, 0.15) is 20.3 Å². The third-order valence-corrected chi connectivity index (χ3v) is 5.09. The predicted molar refractivity (Wildman–Crippen MR) is 99.1 cm³/mol. The van der Waals surface area contributed by atoms with Gasteiger partial charge in [-0.3, -0.25) is 9.59 Å². The standard InChI is InChI=1S/C18H26ClFN4O2/c1-3-6-21-17(25)12-23-7-9-24(10-8-23)13(2)18(26)22-16-5-4-14(20)11-15(16)19/h4-5,11,13H,3,6-10,12H2,1-2H3,(H,21,25)(H,22,26)/p+2/t13-/m0/s1. The Morgan fingerprint density at radius 3 is 2.58 bits per heavy atom. The molecule has 0 aromatic heterocycles. The molecule has 4 N–H and O–H groups in total. The van der Waals surface area contributed by atoms with Crippen LogP contribution in [0.15, 0.2) is 18.2 Å². The summed E-state index contributed by atoms with van der Waals surface area (Å²) in [7, 11) is 0. The number of piperazine rings is 1. The smallest absolute Gasteiger partial charge is 0.282 e. The fourth-order valence-corrected chi connectivity index (χ4v) is 3.32. The Labute approximate surface area is 158 Å². The van der Waals surface area contributed by atoms with Crippen LogP contribution >= 0.6 is 11.6 Å². The van der Waals surface area contributed by atoms with Gasteiger partial charge in [-0.2, -0.15) is 0 Å². The summed E-state index contributed by atoms with van der Waals surface area (Å²) in [6, 6.07) is 3.67. The van der Waals surface area contributed by atoms with Crippen molar-refractivity contribution in [2.75, 3.05) is 44.6 Å². The SMILES string of the molecule is CCCNC(=O)C[NH+]1CC[NH+]([C@@H](C)C(=O)Nc2ccc(F)cc2Cl)CC1. The summed E-state index contributed by atoms with van der Waals surface area (Å²) in [6.07, 6.45) is 0.934. The lowest BCUT2D eigenvalue weighted by Crippen LogP contribution is -3.30.